The molecule has 2 rings (SSSR count). The number of ketones is 1. The Morgan fingerprint density at radius 3 is 2.65 bits per heavy atom. The molecule has 2 nitrogen and oxygen atoms in total. The molecule has 0 saturated carbocycles. The summed E-state index contributed by atoms with van der Waals surface area (Å²) in [4.78, 5) is 16.0. The highest BCUT2D eigenvalue weighted by Gasteiger charge is 2.16. The molecule has 0 saturated heterocycles. The molecule has 1 aromatic carbocycles. The summed E-state index contributed by atoms with van der Waals surface area (Å²) in [5.41, 5.74) is 1.61. The SMILES string of the molecule is CSC1=NC=C(Cc2ccc(F)cc2)C(=O)C1. The molecule has 0 fully saturated rings. The van der Waals surface area contributed by atoms with Gasteiger partial charge >= 0.3 is 0 Å². The lowest BCUT2D eigenvalue weighted by atomic mass is 10.00. The van der Waals surface area contributed by atoms with E-state index in [2.05, 4.69) is 4.99 Å². The van der Waals surface area contributed by atoms with E-state index in [0.717, 1.165) is 10.6 Å². The zero-order chi connectivity index (χ0) is 12.3. The predicted octanol–water partition coefficient (Wildman–Crippen LogP) is 2.99. The van der Waals surface area contributed by atoms with Gasteiger partial charge in [-0.25, -0.2) is 4.39 Å². The van der Waals surface area contributed by atoms with Crippen LogP contribution in [0.25, 0.3) is 0 Å². The van der Waals surface area contributed by atoms with Gasteiger partial charge in [0.15, 0.2) is 5.78 Å². The minimum absolute atomic E-state index is 0.105. The second-order valence-corrected chi connectivity index (χ2v) is 4.66. The number of allylic oxidation sites excluding steroid dienone is 1. The minimum atomic E-state index is -0.264. The molecular formula is C13H12FNOS. The third-order valence-corrected chi connectivity index (χ3v) is 3.30. The zero-order valence-electron chi connectivity index (χ0n) is 9.44. The highest BCUT2D eigenvalue weighted by atomic mass is 32.2. The molecule has 0 unspecified atom stereocenters. The molecule has 0 atom stereocenters. The Bertz CT molecular complexity index is 491. The van der Waals surface area contributed by atoms with Crippen molar-refractivity contribution >= 4 is 22.6 Å². The maximum atomic E-state index is 12.7. The summed E-state index contributed by atoms with van der Waals surface area (Å²) in [6, 6.07) is 6.19. The lowest BCUT2D eigenvalue weighted by Gasteiger charge is -2.11. The summed E-state index contributed by atoms with van der Waals surface area (Å²) < 4.78 is 12.7. The monoisotopic (exact) mass is 249 g/mol. The number of hydrogen-bond donors (Lipinski definition) is 0. The molecule has 1 aromatic rings. The molecule has 0 amide bonds. The first-order valence-electron chi connectivity index (χ1n) is 5.26. The molecular weight excluding hydrogens is 237 g/mol. The largest absolute Gasteiger partial charge is 0.294 e. The van der Waals surface area contributed by atoms with Crippen LogP contribution in [-0.4, -0.2) is 17.1 Å². The average molecular weight is 249 g/mol. The lowest BCUT2D eigenvalue weighted by Crippen LogP contribution is -2.13. The van der Waals surface area contributed by atoms with Crippen molar-refractivity contribution in [3.8, 4) is 0 Å². The molecule has 0 spiro atoms. The van der Waals surface area contributed by atoms with Crippen molar-refractivity contribution in [3.63, 3.8) is 0 Å². The quantitative estimate of drug-likeness (QED) is 0.806. The van der Waals surface area contributed by atoms with Gasteiger partial charge in [-0.15, -0.1) is 11.8 Å². The molecule has 0 N–H and O–H groups in total. The van der Waals surface area contributed by atoms with Gasteiger partial charge in [-0.05, 0) is 24.0 Å². The van der Waals surface area contributed by atoms with Gasteiger partial charge in [-0.1, -0.05) is 12.1 Å². The highest BCUT2D eigenvalue weighted by Crippen LogP contribution is 2.18. The van der Waals surface area contributed by atoms with Gasteiger partial charge in [-0.3, -0.25) is 9.79 Å². The summed E-state index contributed by atoms with van der Waals surface area (Å²) in [7, 11) is 0. The zero-order valence-corrected chi connectivity index (χ0v) is 10.3. The number of nitrogens with zero attached hydrogens (tertiary/aromatic N) is 1. The smallest absolute Gasteiger partial charge is 0.167 e. The van der Waals surface area contributed by atoms with Gasteiger partial charge < -0.3 is 0 Å². The molecule has 1 heterocycles. The van der Waals surface area contributed by atoms with Crippen LogP contribution in [0.15, 0.2) is 41.0 Å². The van der Waals surface area contributed by atoms with Crippen LogP contribution in [0, 0.1) is 5.82 Å². The van der Waals surface area contributed by atoms with E-state index >= 15 is 0 Å². The van der Waals surface area contributed by atoms with Crippen molar-refractivity contribution in [1.82, 2.24) is 0 Å². The van der Waals surface area contributed by atoms with Gasteiger partial charge in [0.05, 0.1) is 11.5 Å². The molecule has 17 heavy (non-hydrogen) atoms. The van der Waals surface area contributed by atoms with Crippen LogP contribution in [0.3, 0.4) is 0 Å². The Morgan fingerprint density at radius 2 is 2.06 bits per heavy atom. The third-order valence-electron chi connectivity index (χ3n) is 2.58. The molecule has 1 aliphatic heterocycles. The number of thioether (sulfide) groups is 1. The minimum Gasteiger partial charge on any atom is -0.294 e. The number of carbonyl (C=O) groups excluding carboxylic acids is 1. The Kier molecular flexibility index (Phi) is 3.74. The van der Waals surface area contributed by atoms with Crippen LogP contribution in [-0.2, 0) is 11.2 Å². The van der Waals surface area contributed by atoms with Gasteiger partial charge in [0, 0.05) is 18.2 Å². The number of hydrogen-bond acceptors (Lipinski definition) is 3. The van der Waals surface area contributed by atoms with Crippen molar-refractivity contribution in [2.75, 3.05) is 6.26 Å². The predicted molar refractivity (Wildman–Crippen MR) is 68.8 cm³/mol. The van der Waals surface area contributed by atoms with E-state index < -0.39 is 0 Å². The van der Waals surface area contributed by atoms with E-state index in [0.29, 0.717) is 18.4 Å². The Balaban J connectivity index is 2.14. The van der Waals surface area contributed by atoms with Gasteiger partial charge in [0.25, 0.3) is 0 Å². The van der Waals surface area contributed by atoms with Gasteiger partial charge in [0.1, 0.15) is 5.82 Å². The number of halogens is 1. The molecule has 0 radical (unpaired) electrons. The topological polar surface area (TPSA) is 29.4 Å². The normalized spacial score (nSPS) is 15.5. The summed E-state index contributed by atoms with van der Waals surface area (Å²) in [6.45, 7) is 0. The van der Waals surface area contributed by atoms with Crippen molar-refractivity contribution in [1.29, 1.82) is 0 Å². The first-order chi connectivity index (χ1) is 8.19. The van der Waals surface area contributed by atoms with Crippen LogP contribution >= 0.6 is 11.8 Å². The van der Waals surface area contributed by atoms with Crippen LogP contribution < -0.4 is 0 Å². The first-order valence-corrected chi connectivity index (χ1v) is 6.49. The molecule has 0 aromatic heterocycles. The molecule has 0 bridgehead atoms. The van der Waals surface area contributed by atoms with Gasteiger partial charge in [-0.2, -0.15) is 0 Å². The third kappa shape index (κ3) is 3.03. The number of Topliss-reactive ketones (excluding diaryl/α,β-unsaturated/α-hetero) is 1. The Hall–Kier alpha value is -1.42. The number of rotatable bonds is 2. The summed E-state index contributed by atoms with van der Waals surface area (Å²) in [6.07, 6.45) is 4.43. The van der Waals surface area contributed by atoms with E-state index in [9.17, 15) is 9.18 Å². The van der Waals surface area contributed by atoms with Crippen LogP contribution in [0.5, 0.6) is 0 Å². The fourth-order valence-electron chi connectivity index (χ4n) is 1.61. The van der Waals surface area contributed by atoms with Crippen molar-refractivity contribution in [3.05, 3.63) is 47.4 Å². The number of benzene rings is 1. The maximum absolute atomic E-state index is 12.7. The van der Waals surface area contributed by atoms with Crippen molar-refractivity contribution in [2.24, 2.45) is 4.99 Å². The standard InChI is InChI=1S/C13H12FNOS/c1-17-13-7-12(16)10(8-15-13)6-9-2-4-11(14)5-3-9/h2-5,8H,6-7H2,1H3. The van der Waals surface area contributed by atoms with E-state index in [4.69, 9.17) is 0 Å². The van der Waals surface area contributed by atoms with E-state index in [1.165, 1.54) is 23.9 Å². The van der Waals surface area contributed by atoms with E-state index in [-0.39, 0.29) is 11.6 Å². The molecule has 88 valence electrons. The first kappa shape index (κ1) is 12.0. The van der Waals surface area contributed by atoms with Crippen molar-refractivity contribution in [2.45, 2.75) is 12.8 Å². The van der Waals surface area contributed by atoms with Crippen LogP contribution in [0.2, 0.25) is 0 Å². The number of carbonyl (C=O) groups is 1. The van der Waals surface area contributed by atoms with Gasteiger partial charge in [0.2, 0.25) is 0 Å². The van der Waals surface area contributed by atoms with E-state index in [1.54, 1.807) is 18.3 Å². The second kappa shape index (κ2) is 5.27. The average Bonchev–Trinajstić information content (AvgIpc) is 2.34. The highest BCUT2D eigenvalue weighted by molar-refractivity contribution is 8.13. The fourth-order valence-corrected chi connectivity index (χ4v) is 2.04. The molecule has 1 aliphatic rings. The maximum Gasteiger partial charge on any atom is 0.167 e. The fraction of sp³-hybridized carbons (Fsp3) is 0.231. The summed E-state index contributed by atoms with van der Waals surface area (Å²) in [5, 5.41) is 0.845. The van der Waals surface area contributed by atoms with Crippen LogP contribution in [0.4, 0.5) is 4.39 Å². The molecule has 0 aliphatic carbocycles. The summed E-state index contributed by atoms with van der Waals surface area (Å²) in [5.74, 6) is -0.158. The Morgan fingerprint density at radius 1 is 1.35 bits per heavy atom. The van der Waals surface area contributed by atoms with E-state index in [1.807, 2.05) is 6.26 Å². The second-order valence-electron chi connectivity index (χ2n) is 3.78. The Labute approximate surface area is 104 Å². The van der Waals surface area contributed by atoms with Crippen LogP contribution in [0.1, 0.15) is 12.0 Å². The van der Waals surface area contributed by atoms with Crippen molar-refractivity contribution < 1.29 is 9.18 Å². The summed E-state index contributed by atoms with van der Waals surface area (Å²) >= 11 is 1.49. The number of aliphatic imine (C=N–C) groups is 1. The molecule has 4 heteroatoms. The lowest BCUT2D eigenvalue weighted by molar-refractivity contribution is -0.114.